The average molecular weight is 757 g/mol. The second-order valence-electron chi connectivity index (χ2n) is 13.4. The van der Waals surface area contributed by atoms with Crippen molar-refractivity contribution in [2.75, 3.05) is 19.8 Å². The Bertz CT molecular complexity index is 1460. The van der Waals surface area contributed by atoms with Crippen LogP contribution in [0.4, 0.5) is 0 Å². The molecule has 0 bridgehead atoms. The van der Waals surface area contributed by atoms with Gasteiger partial charge >= 0.3 is 0 Å². The minimum atomic E-state index is -1.37. The Balaban J connectivity index is 0.000000208. The number of hydrogen-bond acceptors (Lipinski definition) is 16. The molecule has 0 unspecified atom stereocenters. The molecule has 292 valence electrons. The van der Waals surface area contributed by atoms with Crippen LogP contribution in [-0.4, -0.2) is 167 Å². The van der Waals surface area contributed by atoms with Gasteiger partial charge in [0.25, 0.3) is 0 Å². The number of rotatable bonds is 6. The Morgan fingerprint density at radius 2 is 1.04 bits per heavy atom. The van der Waals surface area contributed by atoms with E-state index in [2.05, 4.69) is 18.2 Å². The maximum atomic E-state index is 10.5. The van der Waals surface area contributed by atoms with E-state index in [9.17, 15) is 51.1 Å². The molecule has 15 nitrogen and oxygen atoms in total. The highest BCUT2D eigenvalue weighted by atomic mass is 32.1. The Labute approximate surface area is 305 Å². The molecule has 4 heterocycles. The summed E-state index contributed by atoms with van der Waals surface area (Å²) in [6, 6.07) is 16.5. The zero-order valence-corrected chi connectivity index (χ0v) is 29.9. The van der Waals surface area contributed by atoms with Crippen molar-refractivity contribution >= 4 is 21.4 Å². The van der Waals surface area contributed by atoms with Crippen molar-refractivity contribution in [3.05, 3.63) is 70.1 Å². The van der Waals surface area contributed by atoms with Crippen LogP contribution in [0.3, 0.4) is 0 Å². The van der Waals surface area contributed by atoms with Gasteiger partial charge in [0.05, 0.1) is 32.0 Å². The second-order valence-corrected chi connectivity index (χ2v) is 14.6. The van der Waals surface area contributed by atoms with Gasteiger partial charge in [-0.1, -0.05) is 36.4 Å². The summed E-state index contributed by atoms with van der Waals surface area (Å²) in [5.41, 5.74) is 2.75. The first-order chi connectivity index (χ1) is 24.6. The summed E-state index contributed by atoms with van der Waals surface area (Å²) in [6.07, 6.45) is -14.8. The van der Waals surface area contributed by atoms with Gasteiger partial charge < -0.3 is 75.5 Å². The quantitative estimate of drug-likeness (QED) is 0.130. The van der Waals surface area contributed by atoms with Crippen molar-refractivity contribution in [3.63, 3.8) is 0 Å². The van der Waals surface area contributed by atoms with Crippen LogP contribution in [0.2, 0.25) is 0 Å². The average Bonchev–Trinajstić information content (AvgIpc) is 3.56. The molecule has 3 aromatic rings. The minimum absolute atomic E-state index is 0.366. The lowest BCUT2D eigenvalue weighted by Gasteiger charge is -2.40. The van der Waals surface area contributed by atoms with Gasteiger partial charge in [-0.25, -0.2) is 0 Å². The highest BCUT2D eigenvalue weighted by Gasteiger charge is 2.45. The number of hydrogen-bond donors (Lipinski definition) is 12. The summed E-state index contributed by atoms with van der Waals surface area (Å²) < 4.78 is 17.0. The molecule has 15 atom stereocenters. The van der Waals surface area contributed by atoms with Crippen LogP contribution in [0.15, 0.2) is 48.5 Å². The first-order valence-corrected chi connectivity index (χ1v) is 17.9. The van der Waals surface area contributed by atoms with E-state index >= 15 is 0 Å². The predicted molar refractivity (Wildman–Crippen MR) is 187 cm³/mol. The maximum Gasteiger partial charge on any atom is 0.113 e. The van der Waals surface area contributed by atoms with Crippen LogP contribution in [0, 0.1) is 6.92 Å². The molecule has 3 aliphatic heterocycles. The van der Waals surface area contributed by atoms with Gasteiger partial charge in [0.2, 0.25) is 0 Å². The van der Waals surface area contributed by atoms with E-state index < -0.39 is 98.2 Å². The van der Waals surface area contributed by atoms with E-state index in [1.807, 2.05) is 37.3 Å². The van der Waals surface area contributed by atoms with Crippen LogP contribution in [-0.2, 0) is 20.6 Å². The fraction of sp³-hybridized carbons (Fsp3) is 0.611. The molecule has 3 saturated heterocycles. The Morgan fingerprint density at radius 3 is 1.54 bits per heavy atom. The summed E-state index contributed by atoms with van der Waals surface area (Å²) >= 11 is 1.76. The largest absolute Gasteiger partial charge is 0.394 e. The zero-order valence-electron chi connectivity index (χ0n) is 29.1. The van der Waals surface area contributed by atoms with Gasteiger partial charge in [-0.2, -0.15) is 0 Å². The van der Waals surface area contributed by atoms with Gasteiger partial charge in [-0.15, -0.1) is 11.3 Å². The molecule has 3 fully saturated rings. The third-order valence-electron chi connectivity index (χ3n) is 9.66. The smallest absolute Gasteiger partial charge is 0.113 e. The Hall–Kier alpha value is -2.20. The van der Waals surface area contributed by atoms with Crippen molar-refractivity contribution in [2.45, 2.75) is 119 Å². The molecule has 0 spiro atoms. The number of aliphatic hydroxyl groups excluding tert-OH is 12. The molecular weight excluding hydrogens is 704 g/mol. The lowest BCUT2D eigenvalue weighted by molar-refractivity contribution is -0.231. The maximum absolute atomic E-state index is 10.5. The molecule has 16 heteroatoms. The molecule has 52 heavy (non-hydrogen) atoms. The van der Waals surface area contributed by atoms with Crippen molar-refractivity contribution in [1.29, 1.82) is 0 Å². The van der Waals surface area contributed by atoms with Crippen LogP contribution < -0.4 is 0 Å². The zero-order chi connectivity index (χ0) is 38.4. The monoisotopic (exact) mass is 756 g/mol. The molecule has 12 N–H and O–H groups in total. The Morgan fingerprint density at radius 1 is 0.558 bits per heavy atom. The lowest BCUT2D eigenvalue weighted by atomic mass is 9.88. The van der Waals surface area contributed by atoms with Crippen LogP contribution in [0.5, 0.6) is 0 Å². The van der Waals surface area contributed by atoms with E-state index in [1.165, 1.54) is 15.0 Å². The topological polar surface area (TPSA) is 270 Å². The van der Waals surface area contributed by atoms with E-state index in [-0.39, 0.29) is 13.2 Å². The van der Waals surface area contributed by atoms with Gasteiger partial charge in [0, 0.05) is 16.0 Å². The lowest BCUT2D eigenvalue weighted by Crippen LogP contribution is -2.57. The number of thiophene rings is 1. The van der Waals surface area contributed by atoms with E-state index in [4.69, 9.17) is 24.4 Å². The number of benzene rings is 2. The van der Waals surface area contributed by atoms with Crippen molar-refractivity contribution < 1.29 is 75.5 Å². The number of aliphatic hydroxyl groups is 12. The van der Waals surface area contributed by atoms with E-state index in [1.54, 1.807) is 25.2 Å². The number of aryl methyl sites for hydroxylation is 1. The van der Waals surface area contributed by atoms with Crippen LogP contribution in [0.1, 0.15) is 41.5 Å². The summed E-state index contributed by atoms with van der Waals surface area (Å²) in [4.78, 5) is 1.24. The first-order valence-electron chi connectivity index (χ1n) is 17.1. The third kappa shape index (κ3) is 9.72. The van der Waals surface area contributed by atoms with Crippen molar-refractivity contribution in [3.8, 4) is 0 Å². The van der Waals surface area contributed by atoms with Gasteiger partial charge in [-0.05, 0) is 55.0 Å². The molecular formula is C36H52O15S. The third-order valence-corrected chi connectivity index (χ3v) is 10.8. The molecule has 6 rings (SSSR count). The van der Waals surface area contributed by atoms with Crippen molar-refractivity contribution in [1.82, 2.24) is 0 Å². The fourth-order valence-corrected chi connectivity index (χ4v) is 7.46. The second kappa shape index (κ2) is 18.9. The molecule has 0 amide bonds. The predicted octanol–water partition coefficient (Wildman–Crippen LogP) is -1.99. The number of ether oxygens (including phenoxy) is 3. The molecule has 1 aromatic heterocycles. The highest BCUT2D eigenvalue weighted by molar-refractivity contribution is 7.19. The van der Waals surface area contributed by atoms with Gasteiger partial charge in [0.15, 0.2) is 0 Å². The van der Waals surface area contributed by atoms with Crippen molar-refractivity contribution in [2.24, 2.45) is 0 Å². The number of fused-ring (bicyclic) bond motifs is 1. The molecule has 0 radical (unpaired) electrons. The fourth-order valence-electron chi connectivity index (χ4n) is 6.36. The van der Waals surface area contributed by atoms with Crippen LogP contribution in [0.25, 0.3) is 10.1 Å². The highest BCUT2D eigenvalue weighted by Crippen LogP contribution is 2.35. The van der Waals surface area contributed by atoms with E-state index in [0.717, 1.165) is 23.1 Å². The van der Waals surface area contributed by atoms with Gasteiger partial charge in [-0.3, -0.25) is 0 Å². The van der Waals surface area contributed by atoms with Gasteiger partial charge in [0.1, 0.15) is 79.4 Å². The first kappa shape index (κ1) is 42.5. The summed E-state index contributed by atoms with van der Waals surface area (Å²) in [6.45, 7) is 3.90. The molecule has 2 aromatic carbocycles. The minimum Gasteiger partial charge on any atom is -0.394 e. The molecule has 0 saturated carbocycles. The summed E-state index contributed by atoms with van der Waals surface area (Å²) in [5, 5.41) is 114. The normalized spacial score (nSPS) is 37.8. The molecule has 0 aliphatic carbocycles. The molecule has 3 aliphatic rings. The summed E-state index contributed by atoms with van der Waals surface area (Å²) in [5.74, 6) is 0. The van der Waals surface area contributed by atoms with E-state index in [0.29, 0.717) is 0 Å². The standard InChI is InChI=1S/C22H24O5S.2C7H14O5/c1-12-6-7-13(8-15-10-14-4-2-3-5-18(14)28-15)9-16(12)22-21(26)20(25)19(24)17(11-23)27-22;2*1-3-5(9)7(11)6(10)4(2-8)12-3/h2-7,9-10,17,19-26H,8,11H2,1H3;2*3-11H,2H2,1H3/t17-,19-,20+,21-,22+;2*3-,4+,5-,6+,7+/m100/s1. The summed E-state index contributed by atoms with van der Waals surface area (Å²) in [7, 11) is 0. The SMILES string of the molecule is C[C@@H]1O[C@H](CO)[C@@H](O)[C@H](O)[C@H]1O.C[C@@H]1O[C@H](CO)[C@@H](O)[C@H](O)[C@H]1O.Cc1ccc(Cc2cc3ccccc3s2)cc1[C@@H]1O[C@H](CO)[C@@H](O)[C@H](O)[C@H]1O. The Kier molecular flexibility index (Phi) is 15.5. The van der Waals surface area contributed by atoms with Crippen LogP contribution >= 0.6 is 11.3 Å².